The first kappa shape index (κ1) is 21.6. The van der Waals surface area contributed by atoms with E-state index in [1.165, 1.54) is 0 Å². The largest absolute Gasteiger partial charge is 1.00 e. The van der Waals surface area contributed by atoms with Crippen LogP contribution in [0.15, 0.2) is 81.2 Å². The summed E-state index contributed by atoms with van der Waals surface area (Å²) >= 11 is 9.60. The van der Waals surface area contributed by atoms with Crippen LogP contribution in [0, 0.1) is 0 Å². The summed E-state index contributed by atoms with van der Waals surface area (Å²) in [6, 6.07) is 12.8. The van der Waals surface area contributed by atoms with Crippen LogP contribution < -0.4 is 22.5 Å². The van der Waals surface area contributed by atoms with Gasteiger partial charge < -0.3 is 16.8 Å². The Morgan fingerprint density at radius 2 is 2.06 bits per heavy atom. The Hall–Kier alpha value is -2.61. The van der Waals surface area contributed by atoms with Gasteiger partial charge in [-0.3, -0.25) is 9.36 Å². The van der Waals surface area contributed by atoms with Crippen LogP contribution in [-0.2, 0) is 13.6 Å². The summed E-state index contributed by atoms with van der Waals surface area (Å²) in [6.45, 7) is 0.365. The first-order valence-electron chi connectivity index (χ1n) is 9.34. The van der Waals surface area contributed by atoms with E-state index in [-0.39, 0.29) is 24.0 Å². The number of hydrogen-bond donors (Lipinski definition) is 0. The van der Waals surface area contributed by atoms with Crippen molar-refractivity contribution in [2.24, 2.45) is 7.05 Å². The normalized spacial score (nSPS) is 12.2. The van der Waals surface area contributed by atoms with Gasteiger partial charge in [-0.25, -0.2) is 14.1 Å². The van der Waals surface area contributed by atoms with Crippen molar-refractivity contribution in [2.75, 3.05) is 0 Å². The van der Waals surface area contributed by atoms with E-state index in [1.807, 2.05) is 59.2 Å². The molecule has 0 radical (unpaired) electrons. The Balaban J connectivity index is 0.00000231. The fourth-order valence-electron chi connectivity index (χ4n) is 3.63. The third-order valence-corrected chi connectivity index (χ3v) is 5.86. The molecule has 5 rings (SSSR count). The minimum Gasteiger partial charge on any atom is -1.00 e. The number of furan rings is 1. The second-order valence-corrected chi connectivity index (χ2v) is 8.59. The van der Waals surface area contributed by atoms with Gasteiger partial charge in [-0.05, 0) is 42.5 Å². The lowest BCUT2D eigenvalue weighted by molar-refractivity contribution is -0.671. The van der Waals surface area contributed by atoms with E-state index < -0.39 is 0 Å². The second kappa shape index (κ2) is 8.49. The van der Waals surface area contributed by atoms with Crippen molar-refractivity contribution in [1.29, 1.82) is 0 Å². The van der Waals surface area contributed by atoms with E-state index in [0.717, 1.165) is 21.2 Å². The van der Waals surface area contributed by atoms with Crippen molar-refractivity contribution in [3.05, 3.63) is 93.1 Å². The van der Waals surface area contributed by atoms with E-state index >= 15 is 0 Å². The van der Waals surface area contributed by atoms with Crippen molar-refractivity contribution in [1.82, 2.24) is 14.1 Å². The first-order chi connectivity index (χ1) is 14.5. The molecule has 0 amide bonds. The number of hydrogen-bond acceptors (Lipinski definition) is 3. The van der Waals surface area contributed by atoms with Crippen LogP contribution in [0.3, 0.4) is 0 Å². The van der Waals surface area contributed by atoms with Crippen LogP contribution in [0.4, 0.5) is 0 Å². The van der Waals surface area contributed by atoms with Gasteiger partial charge in [-0.15, -0.1) is 0 Å². The van der Waals surface area contributed by atoms with Crippen molar-refractivity contribution >= 4 is 49.4 Å². The maximum atomic E-state index is 13.1. The molecule has 0 N–H and O–H groups in total. The number of benzene rings is 2. The van der Waals surface area contributed by atoms with E-state index in [9.17, 15) is 4.79 Å². The predicted molar refractivity (Wildman–Crippen MR) is 119 cm³/mol. The average molecular weight is 520 g/mol. The molecule has 158 valence electrons. The molecule has 0 spiro atoms. The highest BCUT2D eigenvalue weighted by Gasteiger charge is 2.25. The molecule has 5 aromatic rings. The van der Waals surface area contributed by atoms with E-state index in [2.05, 4.69) is 20.9 Å². The molecule has 0 fully saturated rings. The van der Waals surface area contributed by atoms with Gasteiger partial charge in [0, 0.05) is 14.9 Å². The summed E-state index contributed by atoms with van der Waals surface area (Å²) < 4.78 is 12.7. The highest BCUT2D eigenvalue weighted by Crippen LogP contribution is 2.29. The Morgan fingerprint density at radius 3 is 2.84 bits per heavy atom. The monoisotopic (exact) mass is 518 g/mol. The summed E-state index contributed by atoms with van der Waals surface area (Å²) in [5.74, 6) is 0.761. The fraction of sp³-hybridized carbons (Fsp3) is 0.136. The maximum absolute atomic E-state index is 13.1. The summed E-state index contributed by atoms with van der Waals surface area (Å²) in [4.78, 5) is 17.5. The SMILES string of the molecule is C[n+]1ccn(C(Cn2cnc3ccc(Cl)cc3c2=O)c2cc3cc(Br)ccc3o2)c1.[Cl-]. The lowest BCUT2D eigenvalue weighted by Gasteiger charge is -2.13. The van der Waals surface area contributed by atoms with Crippen LogP contribution in [0.25, 0.3) is 21.9 Å². The highest BCUT2D eigenvalue weighted by atomic mass is 79.9. The molecule has 0 saturated carbocycles. The molecule has 0 bridgehead atoms. The van der Waals surface area contributed by atoms with Crippen molar-refractivity contribution < 1.29 is 21.4 Å². The maximum Gasteiger partial charge on any atom is 0.261 e. The Labute approximate surface area is 197 Å². The lowest BCUT2D eigenvalue weighted by Crippen LogP contribution is -3.00. The van der Waals surface area contributed by atoms with E-state index in [1.54, 1.807) is 29.1 Å². The molecule has 1 atom stereocenters. The summed E-state index contributed by atoms with van der Waals surface area (Å²) in [7, 11) is 1.95. The Morgan fingerprint density at radius 1 is 1.23 bits per heavy atom. The first-order valence-corrected chi connectivity index (χ1v) is 10.5. The number of aryl methyl sites for hydroxylation is 1. The van der Waals surface area contributed by atoms with Crippen LogP contribution >= 0.6 is 27.5 Å². The minimum atomic E-state index is -0.228. The quantitative estimate of drug-likeness (QED) is 0.338. The summed E-state index contributed by atoms with van der Waals surface area (Å²) in [5.41, 5.74) is 1.28. The lowest BCUT2D eigenvalue weighted by atomic mass is 10.2. The molecular weight excluding hydrogens is 503 g/mol. The highest BCUT2D eigenvalue weighted by molar-refractivity contribution is 9.10. The molecule has 6 nitrogen and oxygen atoms in total. The number of aromatic nitrogens is 4. The molecule has 3 aromatic heterocycles. The average Bonchev–Trinajstić information content (AvgIpc) is 3.33. The Bertz CT molecular complexity index is 1460. The van der Waals surface area contributed by atoms with Gasteiger partial charge in [-0.2, -0.15) is 0 Å². The molecule has 1 unspecified atom stereocenters. The Kier molecular flexibility index (Phi) is 5.92. The molecule has 2 aromatic carbocycles. The topological polar surface area (TPSA) is 56.8 Å². The van der Waals surface area contributed by atoms with Gasteiger partial charge >= 0.3 is 0 Å². The van der Waals surface area contributed by atoms with Gasteiger partial charge in [0.15, 0.2) is 11.8 Å². The number of fused-ring (bicyclic) bond motifs is 2. The van der Waals surface area contributed by atoms with Crippen LogP contribution in [0.5, 0.6) is 0 Å². The van der Waals surface area contributed by atoms with Crippen molar-refractivity contribution in [3.63, 3.8) is 0 Å². The number of halogens is 3. The predicted octanol–water partition coefficient (Wildman–Crippen LogP) is 1.48. The number of imidazole rings is 1. The van der Waals surface area contributed by atoms with Gasteiger partial charge in [0.05, 0.1) is 30.8 Å². The zero-order valence-electron chi connectivity index (χ0n) is 16.4. The molecule has 31 heavy (non-hydrogen) atoms. The van der Waals surface area contributed by atoms with Crippen molar-refractivity contribution in [3.8, 4) is 0 Å². The van der Waals surface area contributed by atoms with Crippen LogP contribution in [0.2, 0.25) is 5.02 Å². The van der Waals surface area contributed by atoms with Crippen LogP contribution in [-0.4, -0.2) is 14.1 Å². The van der Waals surface area contributed by atoms with Gasteiger partial charge in [0.25, 0.3) is 5.56 Å². The molecule has 9 heteroatoms. The zero-order valence-corrected chi connectivity index (χ0v) is 19.5. The fourth-order valence-corrected chi connectivity index (χ4v) is 4.18. The van der Waals surface area contributed by atoms with Gasteiger partial charge in [-0.1, -0.05) is 27.5 Å². The van der Waals surface area contributed by atoms with Gasteiger partial charge in [0.1, 0.15) is 18.0 Å². The molecule has 3 heterocycles. The van der Waals surface area contributed by atoms with E-state index in [0.29, 0.717) is 22.5 Å². The van der Waals surface area contributed by atoms with Crippen LogP contribution in [0.1, 0.15) is 11.8 Å². The third kappa shape index (κ3) is 4.13. The number of nitrogens with zero attached hydrogens (tertiary/aromatic N) is 4. The molecular formula is C22H17BrCl2N4O2. The summed E-state index contributed by atoms with van der Waals surface area (Å²) in [6.07, 6.45) is 7.45. The van der Waals surface area contributed by atoms with Crippen molar-refractivity contribution in [2.45, 2.75) is 12.6 Å². The minimum absolute atomic E-state index is 0. The number of rotatable bonds is 4. The molecule has 0 aliphatic rings. The molecule has 0 aliphatic heterocycles. The molecule has 0 saturated heterocycles. The molecule has 0 aliphatic carbocycles. The summed E-state index contributed by atoms with van der Waals surface area (Å²) in [5, 5.41) is 2.00. The van der Waals surface area contributed by atoms with Gasteiger partial charge in [0.2, 0.25) is 6.33 Å². The van der Waals surface area contributed by atoms with E-state index in [4.69, 9.17) is 16.0 Å². The smallest absolute Gasteiger partial charge is 0.261 e. The second-order valence-electron chi connectivity index (χ2n) is 7.24. The zero-order chi connectivity index (χ0) is 20.8. The third-order valence-electron chi connectivity index (χ3n) is 5.13. The standard InChI is InChI=1S/C22H17BrClN4O2.ClH/c1-26-6-7-27(13-26)19(21-9-14-8-15(23)2-5-20(14)30-21)11-28-12-25-18-4-3-16(24)10-17(18)22(28)29;/h2-10,12-13,19H,11H2,1H3;1H/q+1;/p-1.